The van der Waals surface area contributed by atoms with Crippen LogP contribution >= 0.6 is 11.8 Å². The van der Waals surface area contributed by atoms with E-state index in [0.717, 1.165) is 6.54 Å². The monoisotopic (exact) mass is 259 g/mol. The second-order valence-corrected chi connectivity index (χ2v) is 5.21. The van der Waals surface area contributed by atoms with Crippen molar-refractivity contribution in [1.82, 2.24) is 25.5 Å². The van der Waals surface area contributed by atoms with Crippen LogP contribution in [0.2, 0.25) is 0 Å². The molecule has 1 aromatic rings. The highest BCUT2D eigenvalue weighted by Gasteiger charge is 2.28. The van der Waals surface area contributed by atoms with E-state index in [2.05, 4.69) is 20.8 Å². The number of hydrogen-bond acceptors (Lipinski definition) is 6. The van der Waals surface area contributed by atoms with E-state index in [1.165, 1.54) is 11.8 Å². The molecule has 0 aliphatic heterocycles. The highest BCUT2D eigenvalue weighted by Crippen LogP contribution is 2.26. The minimum absolute atomic E-state index is 0.433. The number of aromatic nitrogens is 4. The van der Waals surface area contributed by atoms with Gasteiger partial charge in [0.2, 0.25) is 5.16 Å². The molecule has 0 bridgehead atoms. The summed E-state index contributed by atoms with van der Waals surface area (Å²) in [5.41, 5.74) is -0.787. The first-order valence-corrected chi connectivity index (χ1v) is 6.23. The standard InChI is InChI=1S/C9H17N5O2S/c1-9(2,7(15)16)6-17-8-11-12-13-14(8)5-4-10-3/h10H,4-6H2,1-3H3,(H,15,16). The first kappa shape index (κ1) is 13.9. The average Bonchev–Trinajstić information content (AvgIpc) is 2.71. The highest BCUT2D eigenvalue weighted by atomic mass is 32.2. The lowest BCUT2D eigenvalue weighted by Crippen LogP contribution is -2.26. The third-order valence-corrected chi connectivity index (χ3v) is 3.63. The maximum atomic E-state index is 11.0. The van der Waals surface area contributed by atoms with Crippen LogP contribution in [0.3, 0.4) is 0 Å². The van der Waals surface area contributed by atoms with Crippen LogP contribution in [0.25, 0.3) is 0 Å². The molecular weight excluding hydrogens is 242 g/mol. The smallest absolute Gasteiger partial charge is 0.309 e. The molecule has 0 atom stereocenters. The Morgan fingerprint density at radius 3 is 2.88 bits per heavy atom. The van der Waals surface area contributed by atoms with Gasteiger partial charge in [0.15, 0.2) is 0 Å². The van der Waals surface area contributed by atoms with E-state index in [9.17, 15) is 4.79 Å². The van der Waals surface area contributed by atoms with Crippen LogP contribution in [0, 0.1) is 5.41 Å². The van der Waals surface area contributed by atoms with Crippen LogP contribution in [0.5, 0.6) is 0 Å². The molecule has 0 radical (unpaired) electrons. The van der Waals surface area contributed by atoms with Gasteiger partial charge in [-0.3, -0.25) is 4.79 Å². The summed E-state index contributed by atoms with van der Waals surface area (Å²) in [6.07, 6.45) is 0. The van der Waals surface area contributed by atoms with Crippen molar-refractivity contribution < 1.29 is 9.90 Å². The average molecular weight is 259 g/mol. The lowest BCUT2D eigenvalue weighted by Gasteiger charge is -2.17. The summed E-state index contributed by atoms with van der Waals surface area (Å²) in [5, 5.41) is 24.0. The van der Waals surface area contributed by atoms with Gasteiger partial charge in [-0.05, 0) is 31.3 Å². The Kier molecular flexibility index (Phi) is 4.88. The topological polar surface area (TPSA) is 92.9 Å². The third-order valence-electron chi connectivity index (χ3n) is 2.21. The number of carbonyl (C=O) groups is 1. The second kappa shape index (κ2) is 5.97. The lowest BCUT2D eigenvalue weighted by atomic mass is 9.97. The number of thioether (sulfide) groups is 1. The predicted octanol–water partition coefficient (Wildman–Crippen LogP) is 0.0954. The molecule has 0 fully saturated rings. The SMILES string of the molecule is CNCCn1nnnc1SCC(C)(C)C(=O)O. The van der Waals surface area contributed by atoms with Crippen LogP contribution in [0.1, 0.15) is 13.8 Å². The molecule has 1 aromatic heterocycles. The van der Waals surface area contributed by atoms with E-state index in [4.69, 9.17) is 5.11 Å². The van der Waals surface area contributed by atoms with Gasteiger partial charge in [0, 0.05) is 12.3 Å². The van der Waals surface area contributed by atoms with E-state index in [1.807, 2.05) is 7.05 Å². The van der Waals surface area contributed by atoms with E-state index in [0.29, 0.717) is 17.5 Å². The van der Waals surface area contributed by atoms with Crippen molar-refractivity contribution in [1.29, 1.82) is 0 Å². The van der Waals surface area contributed by atoms with Crippen molar-refractivity contribution >= 4 is 17.7 Å². The Bertz CT molecular complexity index is 379. The van der Waals surface area contributed by atoms with Crippen molar-refractivity contribution in [3.05, 3.63) is 0 Å². The van der Waals surface area contributed by atoms with Gasteiger partial charge in [-0.25, -0.2) is 4.68 Å². The maximum absolute atomic E-state index is 11.0. The molecule has 0 aliphatic rings. The van der Waals surface area contributed by atoms with E-state index in [-0.39, 0.29) is 0 Å². The zero-order valence-corrected chi connectivity index (χ0v) is 11.0. The van der Waals surface area contributed by atoms with Crippen LogP contribution in [-0.2, 0) is 11.3 Å². The zero-order valence-electron chi connectivity index (χ0n) is 10.2. The Labute approximate surface area is 104 Å². The maximum Gasteiger partial charge on any atom is 0.309 e. The fourth-order valence-electron chi connectivity index (χ4n) is 0.965. The number of carboxylic acid groups (broad SMARTS) is 1. The van der Waals surface area contributed by atoms with Crippen LogP contribution in [-0.4, -0.2) is 50.6 Å². The van der Waals surface area contributed by atoms with E-state index >= 15 is 0 Å². The Morgan fingerprint density at radius 1 is 1.59 bits per heavy atom. The molecule has 1 rings (SSSR count). The lowest BCUT2D eigenvalue weighted by molar-refractivity contribution is -0.145. The predicted molar refractivity (Wildman–Crippen MR) is 63.9 cm³/mol. The Morgan fingerprint density at radius 2 is 2.29 bits per heavy atom. The number of likely N-dealkylation sites (N-methyl/N-ethyl adjacent to an activating group) is 1. The van der Waals surface area contributed by atoms with Gasteiger partial charge < -0.3 is 10.4 Å². The highest BCUT2D eigenvalue weighted by molar-refractivity contribution is 7.99. The first-order valence-electron chi connectivity index (χ1n) is 5.24. The summed E-state index contributed by atoms with van der Waals surface area (Å²) in [6.45, 7) is 4.80. The van der Waals surface area contributed by atoms with E-state index in [1.54, 1.807) is 18.5 Å². The molecule has 0 amide bonds. The number of hydrogen-bond donors (Lipinski definition) is 2. The van der Waals surface area contributed by atoms with Crippen LogP contribution in [0.4, 0.5) is 0 Å². The third kappa shape index (κ3) is 3.97. The molecule has 0 unspecified atom stereocenters. The van der Waals surface area contributed by atoms with Gasteiger partial charge in [-0.1, -0.05) is 11.8 Å². The zero-order chi connectivity index (χ0) is 12.9. The van der Waals surface area contributed by atoms with Crippen molar-refractivity contribution in [2.75, 3.05) is 19.3 Å². The molecular formula is C9H17N5O2S. The van der Waals surface area contributed by atoms with Crippen molar-refractivity contribution in [3.63, 3.8) is 0 Å². The normalized spacial score (nSPS) is 11.7. The van der Waals surface area contributed by atoms with Crippen molar-refractivity contribution in [2.45, 2.75) is 25.5 Å². The number of nitrogens with one attached hydrogen (secondary N) is 1. The molecule has 0 spiro atoms. The number of rotatable bonds is 7. The van der Waals surface area contributed by atoms with Crippen molar-refractivity contribution in [3.8, 4) is 0 Å². The summed E-state index contributed by atoms with van der Waals surface area (Å²) in [7, 11) is 1.85. The molecule has 2 N–H and O–H groups in total. The van der Waals surface area contributed by atoms with Crippen LogP contribution < -0.4 is 5.32 Å². The summed E-state index contributed by atoms with van der Waals surface area (Å²) < 4.78 is 1.67. The van der Waals surface area contributed by atoms with E-state index < -0.39 is 11.4 Å². The fourth-order valence-corrected chi connectivity index (χ4v) is 1.95. The molecule has 1 heterocycles. The molecule has 7 nitrogen and oxygen atoms in total. The molecule has 17 heavy (non-hydrogen) atoms. The largest absolute Gasteiger partial charge is 0.481 e. The van der Waals surface area contributed by atoms with Gasteiger partial charge >= 0.3 is 5.97 Å². The number of tetrazole rings is 1. The van der Waals surface area contributed by atoms with Gasteiger partial charge in [0.25, 0.3) is 0 Å². The number of aliphatic carboxylic acids is 1. The van der Waals surface area contributed by atoms with Gasteiger partial charge in [-0.15, -0.1) is 5.10 Å². The minimum Gasteiger partial charge on any atom is -0.481 e. The summed E-state index contributed by atoms with van der Waals surface area (Å²) in [6, 6.07) is 0. The Hall–Kier alpha value is -1.15. The van der Waals surface area contributed by atoms with Gasteiger partial charge in [0.1, 0.15) is 0 Å². The number of carboxylic acids is 1. The molecule has 0 saturated heterocycles. The van der Waals surface area contributed by atoms with Crippen LogP contribution in [0.15, 0.2) is 5.16 Å². The van der Waals surface area contributed by atoms with Gasteiger partial charge in [0.05, 0.1) is 12.0 Å². The summed E-state index contributed by atoms with van der Waals surface area (Å²) in [4.78, 5) is 11.0. The molecule has 8 heteroatoms. The van der Waals surface area contributed by atoms with Gasteiger partial charge in [-0.2, -0.15) is 0 Å². The Balaban J connectivity index is 2.57. The molecule has 0 aromatic carbocycles. The minimum atomic E-state index is -0.820. The molecule has 0 saturated carbocycles. The fraction of sp³-hybridized carbons (Fsp3) is 0.778. The van der Waals surface area contributed by atoms with Crippen molar-refractivity contribution in [2.24, 2.45) is 5.41 Å². The summed E-state index contributed by atoms with van der Waals surface area (Å²) in [5.74, 6) is -0.387. The molecule has 96 valence electrons. The second-order valence-electron chi connectivity index (χ2n) is 4.27. The summed E-state index contributed by atoms with van der Waals surface area (Å²) >= 11 is 1.36. The first-order chi connectivity index (χ1) is 7.97. The number of nitrogens with zero attached hydrogens (tertiary/aromatic N) is 4. The quantitative estimate of drug-likeness (QED) is 0.670. The molecule has 0 aliphatic carbocycles.